The van der Waals surface area contributed by atoms with Crippen LogP contribution in [-0.4, -0.2) is 30.5 Å². The molecule has 1 aromatic carbocycles. The number of aromatic nitrogens is 4. The average molecular weight is 381 g/mol. The van der Waals surface area contributed by atoms with Crippen LogP contribution >= 0.6 is 11.8 Å². The van der Waals surface area contributed by atoms with Crippen molar-refractivity contribution in [2.24, 2.45) is 0 Å². The molecule has 1 aliphatic rings. The molecule has 27 heavy (non-hydrogen) atoms. The summed E-state index contributed by atoms with van der Waals surface area (Å²) in [5.74, 6) is 0.491. The third-order valence-corrected chi connectivity index (χ3v) is 5.29. The summed E-state index contributed by atoms with van der Waals surface area (Å²) in [7, 11) is 0. The number of ketones is 1. The summed E-state index contributed by atoms with van der Waals surface area (Å²) in [4.78, 5) is 27.1. The van der Waals surface area contributed by atoms with Gasteiger partial charge in [-0.05, 0) is 55.8 Å². The summed E-state index contributed by atoms with van der Waals surface area (Å²) >= 11 is 1.19. The van der Waals surface area contributed by atoms with Gasteiger partial charge in [0.05, 0.1) is 9.82 Å². The van der Waals surface area contributed by atoms with E-state index in [1.165, 1.54) is 24.8 Å². The summed E-state index contributed by atoms with van der Waals surface area (Å²) in [5.41, 5.74) is 1.05. The molecule has 136 valence electrons. The van der Waals surface area contributed by atoms with E-state index in [2.05, 4.69) is 15.2 Å². The molecule has 8 nitrogen and oxygen atoms in total. The van der Waals surface area contributed by atoms with E-state index in [0.29, 0.717) is 21.4 Å². The van der Waals surface area contributed by atoms with Crippen LogP contribution in [0.1, 0.15) is 36.2 Å². The number of rotatable bonds is 6. The first-order chi connectivity index (χ1) is 13.0. The molecular weight excluding hydrogens is 366 g/mol. The van der Waals surface area contributed by atoms with Crippen LogP contribution in [-0.2, 0) is 0 Å². The maximum atomic E-state index is 11.5. The molecule has 0 N–H and O–H groups in total. The highest BCUT2D eigenvalue weighted by atomic mass is 32.2. The predicted octanol–water partition coefficient (Wildman–Crippen LogP) is 3.94. The van der Waals surface area contributed by atoms with E-state index in [1.807, 2.05) is 16.7 Å². The molecule has 1 saturated carbocycles. The van der Waals surface area contributed by atoms with Crippen molar-refractivity contribution in [1.82, 2.24) is 19.7 Å². The van der Waals surface area contributed by atoms with E-state index in [0.717, 1.165) is 18.4 Å². The second kappa shape index (κ2) is 6.92. The number of carbonyl (C=O) groups excluding carboxylic acids is 1. The minimum Gasteiger partial charge on any atom is -0.299 e. The van der Waals surface area contributed by atoms with E-state index in [4.69, 9.17) is 0 Å². The third kappa shape index (κ3) is 3.45. The minimum atomic E-state index is -0.478. The molecule has 0 spiro atoms. The Morgan fingerprint density at radius 2 is 2.11 bits per heavy atom. The van der Waals surface area contributed by atoms with Gasteiger partial charge in [0, 0.05) is 35.6 Å². The molecule has 0 atom stereocenters. The lowest BCUT2D eigenvalue weighted by Gasteiger charge is -2.09. The summed E-state index contributed by atoms with van der Waals surface area (Å²) in [5, 5.41) is 20.6. The molecule has 0 unspecified atom stereocenters. The number of Topliss-reactive ketones (excluding diaryl/α,β-unsaturated/α-hetero) is 1. The van der Waals surface area contributed by atoms with E-state index in [1.54, 1.807) is 24.5 Å². The Morgan fingerprint density at radius 3 is 2.74 bits per heavy atom. The van der Waals surface area contributed by atoms with Crippen LogP contribution in [0.3, 0.4) is 0 Å². The van der Waals surface area contributed by atoms with Crippen LogP contribution < -0.4 is 0 Å². The predicted molar refractivity (Wildman–Crippen MR) is 98.7 cm³/mol. The highest BCUT2D eigenvalue weighted by Gasteiger charge is 2.31. The fourth-order valence-electron chi connectivity index (χ4n) is 2.76. The molecule has 1 fully saturated rings. The van der Waals surface area contributed by atoms with Gasteiger partial charge in [-0.2, -0.15) is 0 Å². The molecule has 0 bridgehead atoms. The van der Waals surface area contributed by atoms with Crippen LogP contribution in [0.2, 0.25) is 0 Å². The quantitative estimate of drug-likeness (QED) is 0.362. The number of hydrogen-bond acceptors (Lipinski definition) is 7. The molecule has 0 amide bonds. The Bertz CT molecular complexity index is 1030. The van der Waals surface area contributed by atoms with Gasteiger partial charge in [-0.25, -0.2) is 0 Å². The molecule has 0 saturated heterocycles. The second-order valence-corrected chi connectivity index (χ2v) is 7.26. The van der Waals surface area contributed by atoms with Gasteiger partial charge >= 0.3 is 0 Å². The van der Waals surface area contributed by atoms with Gasteiger partial charge in [-0.3, -0.25) is 24.5 Å². The van der Waals surface area contributed by atoms with E-state index in [9.17, 15) is 14.9 Å². The van der Waals surface area contributed by atoms with Gasteiger partial charge in [-0.15, -0.1) is 10.2 Å². The number of nitrogens with zero attached hydrogens (tertiary/aromatic N) is 5. The maximum absolute atomic E-state index is 11.5. The van der Waals surface area contributed by atoms with Crippen LogP contribution in [0.15, 0.2) is 52.8 Å². The van der Waals surface area contributed by atoms with Gasteiger partial charge in [0.15, 0.2) is 16.8 Å². The number of nitro groups is 1. The van der Waals surface area contributed by atoms with Crippen molar-refractivity contribution >= 4 is 23.2 Å². The molecule has 0 radical (unpaired) electrons. The molecule has 3 aromatic rings. The number of benzene rings is 1. The highest BCUT2D eigenvalue weighted by Crippen LogP contribution is 2.43. The minimum absolute atomic E-state index is 0.110. The van der Waals surface area contributed by atoms with E-state index < -0.39 is 4.92 Å². The van der Waals surface area contributed by atoms with Crippen molar-refractivity contribution in [1.29, 1.82) is 0 Å². The molecule has 2 heterocycles. The van der Waals surface area contributed by atoms with E-state index >= 15 is 0 Å². The smallest absolute Gasteiger partial charge is 0.284 e. The summed E-state index contributed by atoms with van der Waals surface area (Å²) in [6.45, 7) is 1.38. The first-order valence-corrected chi connectivity index (χ1v) is 9.19. The highest BCUT2D eigenvalue weighted by molar-refractivity contribution is 7.99. The normalized spacial score (nSPS) is 13.5. The standard InChI is InChI=1S/C18H15N5O3S/c1-11(24)12-4-7-16(15(9-12)23(25)26)27-18-21-20-17(22(18)14-5-6-14)13-3-2-8-19-10-13/h2-4,7-10,14H,5-6H2,1H3. The molecule has 0 aliphatic heterocycles. The zero-order valence-electron chi connectivity index (χ0n) is 14.4. The maximum Gasteiger partial charge on any atom is 0.284 e. The molecular formula is C18H15N5O3S. The zero-order chi connectivity index (χ0) is 19.0. The largest absolute Gasteiger partial charge is 0.299 e. The Balaban J connectivity index is 1.75. The van der Waals surface area contributed by atoms with Gasteiger partial charge in [0.25, 0.3) is 5.69 Å². The molecule has 1 aliphatic carbocycles. The van der Waals surface area contributed by atoms with Crippen LogP contribution in [0.5, 0.6) is 0 Å². The first-order valence-electron chi connectivity index (χ1n) is 8.37. The van der Waals surface area contributed by atoms with Gasteiger partial charge in [0.1, 0.15) is 0 Å². The fraction of sp³-hybridized carbons (Fsp3) is 0.222. The van der Waals surface area contributed by atoms with Crippen molar-refractivity contribution in [3.05, 3.63) is 58.4 Å². The lowest BCUT2D eigenvalue weighted by atomic mass is 10.1. The molecule has 2 aromatic heterocycles. The SMILES string of the molecule is CC(=O)c1ccc(Sc2nnc(-c3cccnc3)n2C2CC2)c([N+](=O)[O-])c1. The Kier molecular flexibility index (Phi) is 4.44. The summed E-state index contributed by atoms with van der Waals surface area (Å²) < 4.78 is 2.02. The van der Waals surface area contributed by atoms with Crippen molar-refractivity contribution in [3.63, 3.8) is 0 Å². The zero-order valence-corrected chi connectivity index (χ0v) is 15.2. The van der Waals surface area contributed by atoms with Gasteiger partial charge in [0.2, 0.25) is 0 Å². The van der Waals surface area contributed by atoms with Crippen LogP contribution in [0.4, 0.5) is 5.69 Å². The van der Waals surface area contributed by atoms with Crippen LogP contribution in [0, 0.1) is 10.1 Å². The lowest BCUT2D eigenvalue weighted by molar-refractivity contribution is -0.387. The number of carbonyl (C=O) groups is 1. The lowest BCUT2D eigenvalue weighted by Crippen LogP contribution is -2.01. The Morgan fingerprint density at radius 1 is 1.30 bits per heavy atom. The van der Waals surface area contributed by atoms with Crippen molar-refractivity contribution in [2.75, 3.05) is 0 Å². The Labute approximate surface area is 158 Å². The monoisotopic (exact) mass is 381 g/mol. The van der Waals surface area contributed by atoms with E-state index in [-0.39, 0.29) is 17.5 Å². The first kappa shape index (κ1) is 17.3. The molecule has 9 heteroatoms. The Hall–Kier alpha value is -3.07. The molecule has 4 rings (SSSR count). The topological polar surface area (TPSA) is 104 Å². The number of nitro benzene ring substituents is 1. The van der Waals surface area contributed by atoms with Crippen molar-refractivity contribution in [2.45, 2.75) is 35.9 Å². The number of hydrogen-bond donors (Lipinski definition) is 0. The van der Waals surface area contributed by atoms with Gasteiger partial charge < -0.3 is 0 Å². The third-order valence-electron chi connectivity index (χ3n) is 4.26. The fourth-order valence-corrected chi connectivity index (χ4v) is 3.75. The van der Waals surface area contributed by atoms with Crippen molar-refractivity contribution < 1.29 is 9.72 Å². The average Bonchev–Trinajstić information content (AvgIpc) is 3.42. The van der Waals surface area contributed by atoms with Gasteiger partial charge in [-0.1, -0.05) is 0 Å². The number of pyridine rings is 1. The second-order valence-electron chi connectivity index (χ2n) is 6.25. The summed E-state index contributed by atoms with van der Waals surface area (Å²) in [6, 6.07) is 8.53. The summed E-state index contributed by atoms with van der Waals surface area (Å²) in [6.07, 6.45) is 5.45. The van der Waals surface area contributed by atoms with Crippen LogP contribution in [0.25, 0.3) is 11.4 Å². The van der Waals surface area contributed by atoms with Crippen molar-refractivity contribution in [3.8, 4) is 11.4 Å².